The Morgan fingerprint density at radius 2 is 1.56 bits per heavy atom. The summed E-state index contributed by atoms with van der Waals surface area (Å²) < 4.78 is 4.26. The molecule has 0 radical (unpaired) electrons. The van der Waals surface area contributed by atoms with Gasteiger partial charge in [0.05, 0.1) is 33.5 Å². The highest BCUT2D eigenvalue weighted by atomic mass is 16.3. The Morgan fingerprint density at radius 1 is 0.912 bits per heavy atom. The van der Waals surface area contributed by atoms with Crippen LogP contribution in [-0.2, 0) is 13.1 Å². The van der Waals surface area contributed by atoms with Gasteiger partial charge in [0.25, 0.3) is 0 Å². The van der Waals surface area contributed by atoms with Gasteiger partial charge < -0.3 is 20.0 Å². The minimum Gasteiger partial charge on any atom is -0.505 e. The second kappa shape index (κ2) is 7.35. The Balaban J connectivity index is 1.63. The number of benzene rings is 3. The number of carbonyl (C=O) groups is 1. The van der Waals surface area contributed by atoms with E-state index in [4.69, 9.17) is 10.7 Å². The van der Waals surface area contributed by atoms with E-state index in [9.17, 15) is 9.90 Å². The molecule has 0 spiro atoms. The number of para-hydroxylation sites is 2. The van der Waals surface area contributed by atoms with Crippen LogP contribution in [0.25, 0.3) is 38.8 Å². The SMILES string of the molecule is CCn1c2c(c3ccccc31)C(=O)C(=Nc1cc(N)c(O)c3c4ccccc4n(CC)c13)C=C2. The number of anilines is 1. The molecule has 3 N–H and O–H groups in total. The number of Topliss-reactive ketones (excluding diaryl/α,β-unsaturated/α-hetero) is 1. The molecule has 0 bridgehead atoms. The van der Waals surface area contributed by atoms with Crippen LogP contribution in [0.15, 0.2) is 65.7 Å². The van der Waals surface area contributed by atoms with Crippen molar-refractivity contribution in [3.05, 3.63) is 71.9 Å². The molecule has 0 amide bonds. The predicted octanol–water partition coefficient (Wildman–Crippen LogP) is 6.06. The first-order chi connectivity index (χ1) is 16.5. The van der Waals surface area contributed by atoms with Gasteiger partial charge >= 0.3 is 0 Å². The van der Waals surface area contributed by atoms with E-state index in [2.05, 4.69) is 16.1 Å². The van der Waals surface area contributed by atoms with Gasteiger partial charge in [-0.2, -0.15) is 0 Å². The maximum atomic E-state index is 13.7. The van der Waals surface area contributed by atoms with E-state index < -0.39 is 0 Å². The van der Waals surface area contributed by atoms with Crippen molar-refractivity contribution in [3.63, 3.8) is 0 Å². The van der Waals surface area contributed by atoms with Crippen molar-refractivity contribution in [1.82, 2.24) is 9.13 Å². The van der Waals surface area contributed by atoms with E-state index in [0.717, 1.165) is 39.6 Å². The zero-order valence-corrected chi connectivity index (χ0v) is 19.0. The van der Waals surface area contributed by atoms with Crippen LogP contribution >= 0.6 is 0 Å². The summed E-state index contributed by atoms with van der Waals surface area (Å²) in [5.74, 6) is -0.0685. The Labute approximate surface area is 196 Å². The number of aliphatic imine (C=N–C) groups is 1. The molecule has 6 heteroatoms. The number of carbonyl (C=O) groups excluding carboxylic acids is 1. The van der Waals surface area contributed by atoms with Crippen molar-refractivity contribution in [2.24, 2.45) is 4.99 Å². The van der Waals surface area contributed by atoms with Gasteiger partial charge in [0.15, 0.2) is 0 Å². The third kappa shape index (κ3) is 2.62. The first-order valence-corrected chi connectivity index (χ1v) is 11.5. The Morgan fingerprint density at radius 3 is 2.26 bits per heavy atom. The molecule has 3 aromatic carbocycles. The van der Waals surface area contributed by atoms with Gasteiger partial charge in [-0.05, 0) is 44.2 Å². The van der Waals surface area contributed by atoms with E-state index in [1.807, 2.05) is 61.5 Å². The molecule has 2 aromatic heterocycles. The first-order valence-electron chi connectivity index (χ1n) is 11.5. The second-order valence-corrected chi connectivity index (χ2v) is 8.50. The lowest BCUT2D eigenvalue weighted by Crippen LogP contribution is -2.17. The lowest BCUT2D eigenvalue weighted by Gasteiger charge is -2.12. The van der Waals surface area contributed by atoms with Gasteiger partial charge in [0.2, 0.25) is 5.78 Å². The molecular weight excluding hydrogens is 424 g/mol. The van der Waals surface area contributed by atoms with Crippen LogP contribution in [0, 0.1) is 0 Å². The van der Waals surface area contributed by atoms with Crippen LogP contribution in [0.3, 0.4) is 0 Å². The highest BCUT2D eigenvalue weighted by Gasteiger charge is 2.27. The number of nitrogens with zero attached hydrogens (tertiary/aromatic N) is 3. The van der Waals surface area contributed by atoms with E-state index in [1.165, 1.54) is 0 Å². The average molecular weight is 449 g/mol. The smallest absolute Gasteiger partial charge is 0.214 e. The van der Waals surface area contributed by atoms with Crippen LogP contribution in [-0.4, -0.2) is 25.7 Å². The molecule has 34 heavy (non-hydrogen) atoms. The normalized spacial score (nSPS) is 14.6. The molecule has 6 rings (SSSR count). The molecule has 0 aliphatic heterocycles. The summed E-state index contributed by atoms with van der Waals surface area (Å²) in [5, 5.41) is 13.4. The van der Waals surface area contributed by atoms with Gasteiger partial charge in [-0.15, -0.1) is 0 Å². The molecule has 1 aliphatic carbocycles. The third-order valence-electron chi connectivity index (χ3n) is 6.76. The molecular formula is C28H24N4O2. The highest BCUT2D eigenvalue weighted by Crippen LogP contribution is 2.44. The monoisotopic (exact) mass is 448 g/mol. The second-order valence-electron chi connectivity index (χ2n) is 8.50. The van der Waals surface area contributed by atoms with Crippen LogP contribution in [0.1, 0.15) is 29.9 Å². The number of aromatic nitrogens is 2. The fourth-order valence-corrected chi connectivity index (χ4v) is 5.31. The van der Waals surface area contributed by atoms with Gasteiger partial charge in [-0.3, -0.25) is 4.79 Å². The van der Waals surface area contributed by atoms with E-state index in [0.29, 0.717) is 28.9 Å². The number of ketones is 1. The van der Waals surface area contributed by atoms with Crippen LogP contribution in [0.5, 0.6) is 5.75 Å². The first kappa shape index (κ1) is 20.3. The van der Waals surface area contributed by atoms with Crippen molar-refractivity contribution >= 4 is 61.7 Å². The molecule has 1 aliphatic rings. The molecule has 2 heterocycles. The Hall–Kier alpha value is -4.32. The largest absolute Gasteiger partial charge is 0.505 e. The topological polar surface area (TPSA) is 85.5 Å². The zero-order valence-electron chi connectivity index (χ0n) is 19.0. The predicted molar refractivity (Wildman–Crippen MR) is 139 cm³/mol. The van der Waals surface area contributed by atoms with Gasteiger partial charge in [-0.25, -0.2) is 4.99 Å². The molecule has 168 valence electrons. The number of hydrogen-bond acceptors (Lipinski definition) is 4. The summed E-state index contributed by atoms with van der Waals surface area (Å²) in [7, 11) is 0. The molecule has 0 atom stereocenters. The number of aryl methyl sites for hydroxylation is 2. The van der Waals surface area contributed by atoms with Crippen LogP contribution < -0.4 is 5.73 Å². The summed E-state index contributed by atoms with van der Waals surface area (Å²) >= 11 is 0. The highest BCUT2D eigenvalue weighted by molar-refractivity contribution is 6.54. The number of hydrogen-bond donors (Lipinski definition) is 2. The molecule has 0 unspecified atom stereocenters. The fraction of sp³-hybridized carbons (Fsp3) is 0.143. The van der Waals surface area contributed by atoms with E-state index in [-0.39, 0.29) is 17.2 Å². The minimum atomic E-state index is -0.111. The number of aromatic hydroxyl groups is 1. The van der Waals surface area contributed by atoms with E-state index >= 15 is 0 Å². The molecule has 6 nitrogen and oxygen atoms in total. The summed E-state index contributed by atoms with van der Waals surface area (Å²) in [6, 6.07) is 17.5. The maximum Gasteiger partial charge on any atom is 0.214 e. The fourth-order valence-electron chi connectivity index (χ4n) is 5.31. The molecule has 0 saturated carbocycles. The number of rotatable bonds is 3. The summed E-state index contributed by atoms with van der Waals surface area (Å²) in [6.45, 7) is 5.58. The summed E-state index contributed by atoms with van der Waals surface area (Å²) in [5.41, 5.74) is 11.7. The number of nitrogens with two attached hydrogens (primary N) is 1. The third-order valence-corrected chi connectivity index (χ3v) is 6.76. The van der Waals surface area contributed by atoms with Gasteiger partial charge in [0.1, 0.15) is 11.5 Å². The number of fused-ring (bicyclic) bond motifs is 6. The van der Waals surface area contributed by atoms with Crippen molar-refractivity contribution in [2.75, 3.05) is 5.73 Å². The summed E-state index contributed by atoms with van der Waals surface area (Å²) in [4.78, 5) is 18.5. The van der Waals surface area contributed by atoms with Crippen molar-refractivity contribution in [1.29, 1.82) is 0 Å². The number of phenols is 1. The number of phenolic OH excluding ortho intramolecular Hbond substituents is 1. The molecule has 0 saturated heterocycles. The average Bonchev–Trinajstić information content (AvgIpc) is 3.37. The maximum absolute atomic E-state index is 13.7. The molecule has 0 fully saturated rings. The Kier molecular flexibility index (Phi) is 4.39. The lowest BCUT2D eigenvalue weighted by atomic mass is 9.97. The van der Waals surface area contributed by atoms with Crippen molar-refractivity contribution in [2.45, 2.75) is 26.9 Å². The molecule has 5 aromatic rings. The number of nitrogen functional groups attached to an aromatic ring is 1. The number of allylic oxidation sites excluding steroid dienone is 1. The van der Waals surface area contributed by atoms with Crippen molar-refractivity contribution < 1.29 is 9.90 Å². The van der Waals surface area contributed by atoms with Crippen LogP contribution in [0.2, 0.25) is 0 Å². The lowest BCUT2D eigenvalue weighted by molar-refractivity contribution is 0.106. The van der Waals surface area contributed by atoms with Crippen molar-refractivity contribution in [3.8, 4) is 5.75 Å². The van der Waals surface area contributed by atoms with Gasteiger partial charge in [-0.1, -0.05) is 36.4 Å². The summed E-state index contributed by atoms with van der Waals surface area (Å²) in [6.07, 6.45) is 3.75. The standard InChI is InChI=1S/C28H24N4O2/c1-3-31-21-11-7-5-9-16(21)24-23(31)14-13-19(28(24)34)30-20-15-18(29)27(33)25-17-10-6-8-12-22(17)32(4-2)26(20)25/h5-15,33H,3-4,29H2,1-2H3. The van der Waals surface area contributed by atoms with Crippen LogP contribution in [0.4, 0.5) is 11.4 Å². The quantitative estimate of drug-likeness (QED) is 0.260. The van der Waals surface area contributed by atoms with E-state index in [1.54, 1.807) is 12.1 Å². The Bertz CT molecular complexity index is 1720. The minimum absolute atomic E-state index is 0.0427. The van der Waals surface area contributed by atoms with Gasteiger partial charge in [0, 0.05) is 34.9 Å². The zero-order chi connectivity index (χ0) is 23.6.